The van der Waals surface area contributed by atoms with Crippen LogP contribution in [0.4, 0.5) is 5.69 Å². The lowest BCUT2D eigenvalue weighted by atomic mass is 9.84. The number of hydrogen-bond acceptors (Lipinski definition) is 5. The van der Waals surface area contributed by atoms with Crippen LogP contribution in [0.2, 0.25) is 0 Å². The van der Waals surface area contributed by atoms with Gasteiger partial charge in [0.05, 0.1) is 5.92 Å². The van der Waals surface area contributed by atoms with Crippen LogP contribution in [0.25, 0.3) is 11.1 Å². The van der Waals surface area contributed by atoms with E-state index in [4.69, 9.17) is 0 Å². The second-order valence-corrected chi connectivity index (χ2v) is 12.0. The quantitative estimate of drug-likeness (QED) is 0.502. The van der Waals surface area contributed by atoms with Crippen molar-refractivity contribution < 1.29 is 9.59 Å². The number of carbonyl (C=O) groups excluding carboxylic acids is 2. The van der Waals surface area contributed by atoms with E-state index in [1.54, 1.807) is 0 Å². The molecule has 7 nitrogen and oxygen atoms in total. The predicted molar refractivity (Wildman–Crippen MR) is 159 cm³/mol. The summed E-state index contributed by atoms with van der Waals surface area (Å²) in [7, 11) is 4.35. The van der Waals surface area contributed by atoms with Gasteiger partial charge in [-0.2, -0.15) is 0 Å². The minimum absolute atomic E-state index is 0.0314. The van der Waals surface area contributed by atoms with E-state index in [0.717, 1.165) is 53.9 Å². The van der Waals surface area contributed by atoms with Crippen molar-refractivity contribution in [2.75, 3.05) is 32.1 Å². The number of pyridine rings is 1. The van der Waals surface area contributed by atoms with Gasteiger partial charge < -0.3 is 20.4 Å². The van der Waals surface area contributed by atoms with E-state index in [0.29, 0.717) is 24.2 Å². The van der Waals surface area contributed by atoms with Crippen molar-refractivity contribution in [1.82, 2.24) is 20.5 Å². The van der Waals surface area contributed by atoms with E-state index in [9.17, 15) is 9.59 Å². The van der Waals surface area contributed by atoms with Gasteiger partial charge >= 0.3 is 0 Å². The topological polar surface area (TPSA) is 77.6 Å². The molecule has 1 aliphatic carbocycles. The first-order chi connectivity index (χ1) is 18.6. The zero-order chi connectivity index (χ0) is 28.3. The van der Waals surface area contributed by atoms with Crippen molar-refractivity contribution in [1.29, 1.82) is 0 Å². The number of anilines is 1. The second-order valence-electron chi connectivity index (χ2n) is 12.0. The molecule has 2 aromatic rings. The Hall–Kier alpha value is -2.93. The Labute approximate surface area is 234 Å². The molecule has 1 aromatic heterocycles. The summed E-state index contributed by atoms with van der Waals surface area (Å²) in [6.45, 7) is 11.6. The molecule has 1 aliphatic heterocycles. The molecule has 2 aliphatic rings. The van der Waals surface area contributed by atoms with Crippen LogP contribution in [0.5, 0.6) is 0 Å². The largest absolute Gasteiger partial charge is 0.369 e. The highest BCUT2D eigenvalue weighted by Gasteiger charge is 2.33. The summed E-state index contributed by atoms with van der Waals surface area (Å²) in [5, 5.41) is 6.16. The van der Waals surface area contributed by atoms with Gasteiger partial charge in [-0.1, -0.05) is 13.0 Å². The number of piperidine rings is 1. The molecule has 0 spiro atoms. The van der Waals surface area contributed by atoms with Gasteiger partial charge in [0.2, 0.25) is 5.91 Å². The number of hydrogen-bond donors (Lipinski definition) is 2. The van der Waals surface area contributed by atoms with Crippen molar-refractivity contribution >= 4 is 17.5 Å². The molecule has 1 saturated heterocycles. The maximum Gasteiger partial charge on any atom is 0.251 e. The van der Waals surface area contributed by atoms with Crippen LogP contribution in [-0.4, -0.2) is 67.0 Å². The third-order valence-corrected chi connectivity index (χ3v) is 8.98. The van der Waals surface area contributed by atoms with Crippen molar-refractivity contribution in [2.45, 2.75) is 84.8 Å². The van der Waals surface area contributed by atoms with Gasteiger partial charge in [-0.3, -0.25) is 14.6 Å². The SMILES string of the molecule is CCN(c1cc(-c2ccc(C)nc2)cc(C(=O)NCC2C(=O)NC(C)CC2C)c1C)C1CCC(N(C)C)CC1. The zero-order valence-electron chi connectivity index (χ0n) is 24.9. The number of rotatable bonds is 8. The summed E-state index contributed by atoms with van der Waals surface area (Å²) in [5.41, 5.74) is 5.73. The zero-order valence-corrected chi connectivity index (χ0v) is 24.9. The van der Waals surface area contributed by atoms with Crippen molar-refractivity contribution in [3.05, 3.63) is 47.3 Å². The number of nitrogens with one attached hydrogen (secondary N) is 2. The average molecular weight is 534 g/mol. The van der Waals surface area contributed by atoms with E-state index in [2.05, 4.69) is 72.4 Å². The first kappa shape index (κ1) is 29.1. The van der Waals surface area contributed by atoms with Crippen LogP contribution in [0, 0.1) is 25.7 Å². The lowest BCUT2D eigenvalue weighted by molar-refractivity contribution is -0.129. The molecule has 39 heavy (non-hydrogen) atoms. The fourth-order valence-electron chi connectivity index (χ4n) is 6.53. The van der Waals surface area contributed by atoms with Crippen LogP contribution in [0.1, 0.15) is 74.5 Å². The van der Waals surface area contributed by atoms with Crippen molar-refractivity contribution in [3.63, 3.8) is 0 Å². The molecular weight excluding hydrogens is 486 g/mol. The van der Waals surface area contributed by atoms with Gasteiger partial charge in [0.15, 0.2) is 0 Å². The average Bonchev–Trinajstić information content (AvgIpc) is 2.90. The molecule has 2 amide bonds. The number of carbonyl (C=O) groups is 2. The summed E-state index contributed by atoms with van der Waals surface area (Å²) in [4.78, 5) is 35.7. The first-order valence-corrected chi connectivity index (χ1v) is 14.7. The van der Waals surface area contributed by atoms with Crippen LogP contribution in [-0.2, 0) is 4.79 Å². The van der Waals surface area contributed by atoms with E-state index in [-0.39, 0.29) is 29.7 Å². The summed E-state index contributed by atoms with van der Waals surface area (Å²) in [5.74, 6) is -0.0810. The molecule has 3 unspecified atom stereocenters. The monoisotopic (exact) mass is 533 g/mol. The molecule has 0 bridgehead atoms. The number of amides is 2. The Bertz CT molecular complexity index is 1150. The molecule has 1 aromatic carbocycles. The molecule has 0 radical (unpaired) electrons. The molecule has 2 N–H and O–H groups in total. The Morgan fingerprint density at radius 3 is 2.33 bits per heavy atom. The Balaban J connectivity index is 1.65. The highest BCUT2D eigenvalue weighted by Crippen LogP contribution is 2.35. The maximum atomic E-state index is 13.7. The van der Waals surface area contributed by atoms with Gasteiger partial charge in [-0.05, 0) is 109 Å². The Morgan fingerprint density at radius 1 is 1.05 bits per heavy atom. The molecule has 2 heterocycles. The Morgan fingerprint density at radius 2 is 1.74 bits per heavy atom. The molecular formula is C32H47N5O2. The van der Waals surface area contributed by atoms with E-state index in [1.165, 1.54) is 12.8 Å². The lowest BCUT2D eigenvalue weighted by Crippen LogP contribution is -2.50. The molecule has 212 valence electrons. The van der Waals surface area contributed by atoms with Crippen LogP contribution in [0.15, 0.2) is 30.5 Å². The molecule has 7 heteroatoms. The van der Waals surface area contributed by atoms with Crippen molar-refractivity contribution in [3.8, 4) is 11.1 Å². The summed E-state index contributed by atoms with van der Waals surface area (Å²) in [6.07, 6.45) is 7.46. The van der Waals surface area contributed by atoms with E-state index in [1.807, 2.05) is 32.2 Å². The fraction of sp³-hybridized carbons (Fsp3) is 0.594. The van der Waals surface area contributed by atoms with Gasteiger partial charge in [0, 0.05) is 59.9 Å². The normalized spacial score (nSPS) is 25.3. The second kappa shape index (κ2) is 12.5. The first-order valence-electron chi connectivity index (χ1n) is 14.7. The predicted octanol–water partition coefficient (Wildman–Crippen LogP) is 4.96. The molecule has 3 atom stereocenters. The van der Waals surface area contributed by atoms with Crippen LogP contribution < -0.4 is 15.5 Å². The lowest BCUT2D eigenvalue weighted by Gasteiger charge is -2.40. The highest BCUT2D eigenvalue weighted by molar-refractivity contribution is 5.99. The highest BCUT2D eigenvalue weighted by atomic mass is 16.2. The van der Waals surface area contributed by atoms with Gasteiger partial charge in [-0.15, -0.1) is 0 Å². The molecule has 1 saturated carbocycles. The van der Waals surface area contributed by atoms with Gasteiger partial charge in [-0.25, -0.2) is 0 Å². The van der Waals surface area contributed by atoms with Gasteiger partial charge in [0.1, 0.15) is 0 Å². The van der Waals surface area contributed by atoms with E-state index < -0.39 is 0 Å². The molecule has 2 fully saturated rings. The van der Waals surface area contributed by atoms with Crippen molar-refractivity contribution in [2.24, 2.45) is 11.8 Å². The maximum absolute atomic E-state index is 13.7. The smallest absolute Gasteiger partial charge is 0.251 e. The van der Waals surface area contributed by atoms with E-state index >= 15 is 0 Å². The minimum atomic E-state index is -0.214. The fourth-order valence-corrected chi connectivity index (χ4v) is 6.53. The third-order valence-electron chi connectivity index (χ3n) is 8.98. The summed E-state index contributed by atoms with van der Waals surface area (Å²) >= 11 is 0. The van der Waals surface area contributed by atoms with Crippen LogP contribution in [0.3, 0.4) is 0 Å². The number of benzene rings is 1. The third kappa shape index (κ3) is 6.63. The number of nitrogens with zero attached hydrogens (tertiary/aromatic N) is 3. The van der Waals surface area contributed by atoms with Gasteiger partial charge in [0.25, 0.3) is 5.91 Å². The summed E-state index contributed by atoms with van der Waals surface area (Å²) < 4.78 is 0. The summed E-state index contributed by atoms with van der Waals surface area (Å²) in [6, 6.07) is 9.57. The Kier molecular flexibility index (Phi) is 9.31. The standard InChI is InChI=1S/C32H47N5O2/c1-8-37(27-13-11-26(12-14-27)36(6)7)30-17-25(24-10-9-21(3)33-18-24)16-28(23(30)5)31(38)34-19-29-20(2)15-22(4)35-32(29)39/h9-10,16-18,20,22,26-27,29H,8,11-15,19H2,1-7H3,(H,34,38)(H,35,39). The number of aryl methyl sites for hydroxylation is 1. The number of aromatic nitrogens is 1. The molecule has 4 rings (SSSR count). The minimum Gasteiger partial charge on any atom is -0.369 e. The van der Waals surface area contributed by atoms with Crippen LogP contribution >= 0.6 is 0 Å².